The van der Waals surface area contributed by atoms with Gasteiger partial charge in [0.1, 0.15) is 5.82 Å². The van der Waals surface area contributed by atoms with E-state index in [2.05, 4.69) is 0 Å². The van der Waals surface area contributed by atoms with Crippen LogP contribution < -0.4 is 0 Å². The molecule has 21 heavy (non-hydrogen) atoms. The molecule has 1 N–H and O–H groups in total. The van der Waals surface area contributed by atoms with Gasteiger partial charge >= 0.3 is 5.97 Å². The van der Waals surface area contributed by atoms with Crippen molar-refractivity contribution in [1.82, 2.24) is 4.90 Å². The first kappa shape index (κ1) is 15.7. The highest BCUT2D eigenvalue weighted by atomic mass is 32.1. The molecular weight excluding hydrogens is 289 g/mol. The normalized spacial score (nSPS) is 12.6. The van der Waals surface area contributed by atoms with Crippen LogP contribution in [0.2, 0.25) is 0 Å². The fourth-order valence-electron chi connectivity index (χ4n) is 2.14. The number of nitrogens with zero attached hydrogens (tertiary/aromatic N) is 1. The first-order valence-corrected chi connectivity index (χ1v) is 7.53. The number of aliphatic carboxylic acids is 1. The summed E-state index contributed by atoms with van der Waals surface area (Å²) in [7, 11) is 1.90. The molecule has 0 saturated carbocycles. The Bertz CT molecular complexity index is 626. The van der Waals surface area contributed by atoms with E-state index in [1.165, 1.54) is 12.1 Å². The summed E-state index contributed by atoms with van der Waals surface area (Å²) in [6.45, 7) is 2.89. The molecule has 0 saturated heterocycles. The molecule has 0 aliphatic carbocycles. The topological polar surface area (TPSA) is 40.5 Å². The number of hydrogen-bond acceptors (Lipinski definition) is 3. The number of benzene rings is 1. The van der Waals surface area contributed by atoms with Crippen LogP contribution in [0.3, 0.4) is 0 Å². The predicted octanol–water partition coefficient (Wildman–Crippen LogP) is 3.71. The zero-order valence-corrected chi connectivity index (χ0v) is 12.9. The average molecular weight is 307 g/mol. The number of halogens is 1. The van der Waals surface area contributed by atoms with E-state index in [0.29, 0.717) is 13.1 Å². The molecule has 1 unspecified atom stereocenters. The zero-order valence-electron chi connectivity index (χ0n) is 12.0. The minimum absolute atomic E-state index is 0.241. The molecule has 0 aliphatic rings. The smallest absolute Gasteiger partial charge is 0.307 e. The lowest BCUT2D eigenvalue weighted by Crippen LogP contribution is -2.27. The molecule has 0 spiro atoms. The third-order valence-electron chi connectivity index (χ3n) is 3.20. The molecule has 1 aromatic heterocycles. The first-order chi connectivity index (χ1) is 9.95. The van der Waals surface area contributed by atoms with Gasteiger partial charge in [-0.15, -0.1) is 11.3 Å². The quantitative estimate of drug-likeness (QED) is 0.884. The monoisotopic (exact) mass is 307 g/mol. The van der Waals surface area contributed by atoms with Crippen molar-refractivity contribution >= 4 is 17.3 Å². The third-order valence-corrected chi connectivity index (χ3v) is 4.32. The highest BCUT2D eigenvalue weighted by molar-refractivity contribution is 7.15. The maximum Gasteiger partial charge on any atom is 0.307 e. The van der Waals surface area contributed by atoms with Crippen LogP contribution in [0.5, 0.6) is 0 Å². The molecule has 0 aliphatic heterocycles. The number of rotatable bonds is 6. The molecule has 3 nitrogen and oxygen atoms in total. The third kappa shape index (κ3) is 4.37. The van der Waals surface area contributed by atoms with Gasteiger partial charge in [0.15, 0.2) is 0 Å². The van der Waals surface area contributed by atoms with Crippen molar-refractivity contribution < 1.29 is 14.3 Å². The Kier molecular flexibility index (Phi) is 5.09. The summed E-state index contributed by atoms with van der Waals surface area (Å²) < 4.78 is 13.2. The van der Waals surface area contributed by atoms with E-state index in [4.69, 9.17) is 5.11 Å². The Morgan fingerprint density at radius 2 is 2.14 bits per heavy atom. The molecule has 1 heterocycles. The molecule has 0 bridgehead atoms. The largest absolute Gasteiger partial charge is 0.481 e. The predicted molar refractivity (Wildman–Crippen MR) is 82.8 cm³/mol. The highest BCUT2D eigenvalue weighted by Crippen LogP contribution is 2.29. The van der Waals surface area contributed by atoms with Crippen LogP contribution in [0.4, 0.5) is 4.39 Å². The molecule has 0 fully saturated rings. The standard InChI is InChI=1S/C16H18FNO2S/c1-11(16(19)20)9-18(2)10-14-6-7-15(21-14)12-4-3-5-13(17)8-12/h3-8,11H,9-10H2,1-2H3,(H,19,20). The number of hydrogen-bond donors (Lipinski definition) is 1. The number of carbonyl (C=O) groups is 1. The van der Waals surface area contributed by atoms with Crippen LogP contribution in [0.25, 0.3) is 10.4 Å². The van der Waals surface area contributed by atoms with Crippen molar-refractivity contribution in [3.8, 4) is 10.4 Å². The Labute approximate surface area is 127 Å². The zero-order chi connectivity index (χ0) is 15.4. The number of carboxylic acids is 1. The van der Waals surface area contributed by atoms with Crippen LogP contribution in [-0.4, -0.2) is 29.6 Å². The molecule has 5 heteroatoms. The molecule has 1 aromatic carbocycles. The van der Waals surface area contributed by atoms with Crippen LogP contribution in [0, 0.1) is 11.7 Å². The van der Waals surface area contributed by atoms with Crippen LogP contribution in [-0.2, 0) is 11.3 Å². The van der Waals surface area contributed by atoms with Crippen molar-refractivity contribution in [3.63, 3.8) is 0 Å². The lowest BCUT2D eigenvalue weighted by molar-refractivity contribution is -0.141. The molecule has 0 amide bonds. The maximum atomic E-state index is 13.2. The second kappa shape index (κ2) is 6.83. The van der Waals surface area contributed by atoms with Gasteiger partial charge in [-0.2, -0.15) is 0 Å². The van der Waals surface area contributed by atoms with E-state index in [9.17, 15) is 9.18 Å². The van der Waals surface area contributed by atoms with E-state index >= 15 is 0 Å². The van der Waals surface area contributed by atoms with Crippen molar-refractivity contribution in [1.29, 1.82) is 0 Å². The van der Waals surface area contributed by atoms with Crippen molar-refractivity contribution in [2.75, 3.05) is 13.6 Å². The van der Waals surface area contributed by atoms with Gasteiger partial charge in [0, 0.05) is 22.8 Å². The molecule has 0 radical (unpaired) electrons. The van der Waals surface area contributed by atoms with Crippen molar-refractivity contribution in [2.24, 2.45) is 5.92 Å². The van der Waals surface area contributed by atoms with E-state index in [1.54, 1.807) is 24.3 Å². The Balaban J connectivity index is 2.02. The molecule has 2 aromatic rings. The lowest BCUT2D eigenvalue weighted by Gasteiger charge is -2.17. The van der Waals surface area contributed by atoms with Gasteiger partial charge in [-0.25, -0.2) is 4.39 Å². The van der Waals surface area contributed by atoms with Crippen LogP contribution in [0.15, 0.2) is 36.4 Å². The Morgan fingerprint density at radius 1 is 1.38 bits per heavy atom. The van der Waals surface area contributed by atoms with Gasteiger partial charge in [0.25, 0.3) is 0 Å². The van der Waals surface area contributed by atoms with E-state index in [1.807, 2.05) is 30.1 Å². The van der Waals surface area contributed by atoms with Gasteiger partial charge in [-0.05, 0) is 36.9 Å². The van der Waals surface area contributed by atoms with Gasteiger partial charge in [-0.1, -0.05) is 19.1 Å². The summed E-state index contributed by atoms with van der Waals surface area (Å²) in [6.07, 6.45) is 0. The lowest BCUT2D eigenvalue weighted by atomic mass is 10.2. The molecule has 2 rings (SSSR count). The van der Waals surface area contributed by atoms with Gasteiger partial charge in [0.2, 0.25) is 0 Å². The van der Waals surface area contributed by atoms with Crippen molar-refractivity contribution in [2.45, 2.75) is 13.5 Å². The summed E-state index contributed by atoms with van der Waals surface area (Å²) in [6, 6.07) is 10.5. The van der Waals surface area contributed by atoms with Crippen molar-refractivity contribution in [3.05, 3.63) is 47.1 Å². The summed E-state index contributed by atoms with van der Waals surface area (Å²) in [5.41, 5.74) is 0.868. The minimum Gasteiger partial charge on any atom is -0.481 e. The number of thiophene rings is 1. The Hall–Kier alpha value is -1.72. The summed E-state index contributed by atoms with van der Waals surface area (Å²) in [4.78, 5) is 15.0. The second-order valence-corrected chi connectivity index (χ2v) is 6.38. The molecule has 1 atom stereocenters. The van der Waals surface area contributed by atoms with Gasteiger partial charge in [0.05, 0.1) is 5.92 Å². The number of carboxylic acid groups (broad SMARTS) is 1. The van der Waals surface area contributed by atoms with Gasteiger partial charge in [-0.3, -0.25) is 4.79 Å². The Morgan fingerprint density at radius 3 is 2.81 bits per heavy atom. The second-order valence-electron chi connectivity index (χ2n) is 5.21. The summed E-state index contributed by atoms with van der Waals surface area (Å²) >= 11 is 1.60. The maximum absolute atomic E-state index is 13.2. The van der Waals surface area contributed by atoms with Crippen LogP contribution >= 0.6 is 11.3 Å². The fraction of sp³-hybridized carbons (Fsp3) is 0.312. The highest BCUT2D eigenvalue weighted by Gasteiger charge is 2.14. The van der Waals surface area contributed by atoms with E-state index < -0.39 is 11.9 Å². The summed E-state index contributed by atoms with van der Waals surface area (Å²) in [5, 5.41) is 8.92. The van der Waals surface area contributed by atoms with E-state index in [-0.39, 0.29) is 5.82 Å². The SMILES string of the molecule is CC(CN(C)Cc1ccc(-c2cccc(F)c2)s1)C(=O)O. The first-order valence-electron chi connectivity index (χ1n) is 6.71. The van der Waals surface area contributed by atoms with Crippen LogP contribution in [0.1, 0.15) is 11.8 Å². The molecular formula is C16H18FNO2S. The van der Waals surface area contributed by atoms with Gasteiger partial charge < -0.3 is 10.0 Å². The van der Waals surface area contributed by atoms with E-state index in [0.717, 1.165) is 15.3 Å². The average Bonchev–Trinajstić information content (AvgIpc) is 2.86. The fourth-order valence-corrected chi connectivity index (χ4v) is 3.22. The summed E-state index contributed by atoms with van der Waals surface area (Å²) in [5.74, 6) is -1.42. The molecule has 112 valence electrons. The minimum atomic E-state index is -0.784.